The normalized spacial score (nSPS) is 8.38. The Morgan fingerprint density at radius 3 is 2.25 bits per heavy atom. The van der Waals surface area contributed by atoms with E-state index in [1.807, 2.05) is 0 Å². The lowest BCUT2D eigenvalue weighted by atomic mass is 10.2. The lowest BCUT2D eigenvalue weighted by Gasteiger charge is -1.99. The first-order chi connectivity index (χ1) is 7.67. The number of rotatable bonds is 3. The molecule has 0 amide bonds. The number of aromatic carboxylic acids is 1. The van der Waals surface area contributed by atoms with E-state index >= 15 is 0 Å². The minimum Gasteiger partial charge on any atom is -0.478 e. The van der Waals surface area contributed by atoms with Crippen LogP contribution in [0.5, 0.6) is 0 Å². The summed E-state index contributed by atoms with van der Waals surface area (Å²) in [5.74, 6) is -1.02. The van der Waals surface area contributed by atoms with Crippen molar-refractivity contribution in [1.82, 2.24) is 0 Å². The highest BCUT2D eigenvalue weighted by molar-refractivity contribution is 6.10. The standard InChI is InChI=1S/C10H6N4O2/c11-5-9(6-12)14-13-8-3-1-7(2-4-8)10(15)16/h1-4,13H,(H,15,16). The number of benzene rings is 1. The first-order valence-electron chi connectivity index (χ1n) is 4.14. The zero-order valence-corrected chi connectivity index (χ0v) is 8.01. The molecule has 6 heteroatoms. The van der Waals surface area contributed by atoms with Crippen LogP contribution in [0.2, 0.25) is 0 Å². The Hall–Kier alpha value is -2.86. The quantitative estimate of drug-likeness (QED) is 0.580. The molecule has 1 aromatic carbocycles. The number of hydrogen-bond donors (Lipinski definition) is 2. The minimum absolute atomic E-state index is 0.148. The van der Waals surface area contributed by atoms with E-state index in [1.54, 1.807) is 12.1 Å². The van der Waals surface area contributed by atoms with Crippen molar-refractivity contribution in [2.75, 3.05) is 5.43 Å². The highest BCUT2D eigenvalue weighted by Gasteiger charge is 2.01. The number of nitrogens with zero attached hydrogens (tertiary/aromatic N) is 3. The third-order valence-corrected chi connectivity index (χ3v) is 1.64. The maximum atomic E-state index is 10.5. The number of nitriles is 2. The summed E-state index contributed by atoms with van der Waals surface area (Å²) in [5, 5.41) is 28.9. The van der Waals surface area contributed by atoms with Gasteiger partial charge in [-0.1, -0.05) is 0 Å². The van der Waals surface area contributed by atoms with Crippen LogP contribution in [-0.2, 0) is 0 Å². The Morgan fingerprint density at radius 1 is 1.25 bits per heavy atom. The van der Waals surface area contributed by atoms with Gasteiger partial charge in [0.15, 0.2) is 0 Å². The molecule has 1 rings (SSSR count). The van der Waals surface area contributed by atoms with E-state index in [-0.39, 0.29) is 11.3 Å². The molecule has 2 N–H and O–H groups in total. The fraction of sp³-hybridized carbons (Fsp3) is 0. The first-order valence-corrected chi connectivity index (χ1v) is 4.14. The molecule has 0 unspecified atom stereocenters. The van der Waals surface area contributed by atoms with E-state index in [2.05, 4.69) is 10.5 Å². The summed E-state index contributed by atoms with van der Waals surface area (Å²) in [6, 6.07) is 8.91. The van der Waals surface area contributed by atoms with Crippen LogP contribution in [0.15, 0.2) is 29.4 Å². The number of carbonyl (C=O) groups is 1. The van der Waals surface area contributed by atoms with Gasteiger partial charge in [0.25, 0.3) is 0 Å². The third-order valence-electron chi connectivity index (χ3n) is 1.64. The van der Waals surface area contributed by atoms with E-state index in [1.165, 1.54) is 24.3 Å². The van der Waals surface area contributed by atoms with Crippen LogP contribution in [-0.4, -0.2) is 16.8 Å². The number of anilines is 1. The van der Waals surface area contributed by atoms with Gasteiger partial charge in [-0.25, -0.2) is 4.79 Å². The van der Waals surface area contributed by atoms with Gasteiger partial charge in [-0.2, -0.15) is 15.6 Å². The molecule has 0 fully saturated rings. The zero-order valence-electron chi connectivity index (χ0n) is 8.01. The summed E-state index contributed by atoms with van der Waals surface area (Å²) < 4.78 is 0. The fourth-order valence-electron chi connectivity index (χ4n) is 0.883. The molecule has 0 saturated carbocycles. The smallest absolute Gasteiger partial charge is 0.335 e. The van der Waals surface area contributed by atoms with E-state index < -0.39 is 5.97 Å². The van der Waals surface area contributed by atoms with Crippen molar-refractivity contribution >= 4 is 17.4 Å². The molecule has 78 valence electrons. The summed E-state index contributed by atoms with van der Waals surface area (Å²) in [5.41, 5.74) is 2.80. The molecule has 0 atom stereocenters. The Morgan fingerprint density at radius 2 is 1.81 bits per heavy atom. The van der Waals surface area contributed by atoms with Crippen LogP contribution in [0.25, 0.3) is 0 Å². The summed E-state index contributed by atoms with van der Waals surface area (Å²) in [4.78, 5) is 10.5. The number of carboxylic acids is 1. The monoisotopic (exact) mass is 214 g/mol. The van der Waals surface area contributed by atoms with Gasteiger partial charge in [0.2, 0.25) is 5.71 Å². The largest absolute Gasteiger partial charge is 0.478 e. The number of hydrazone groups is 1. The summed E-state index contributed by atoms with van der Waals surface area (Å²) in [6.07, 6.45) is 0. The van der Waals surface area contributed by atoms with Crippen LogP contribution < -0.4 is 5.43 Å². The molecule has 0 heterocycles. The van der Waals surface area contributed by atoms with E-state index in [0.29, 0.717) is 5.69 Å². The predicted molar refractivity (Wildman–Crippen MR) is 55.7 cm³/mol. The van der Waals surface area contributed by atoms with Crippen molar-refractivity contribution in [1.29, 1.82) is 10.5 Å². The van der Waals surface area contributed by atoms with Crippen LogP contribution >= 0.6 is 0 Å². The van der Waals surface area contributed by atoms with Crippen molar-refractivity contribution in [3.63, 3.8) is 0 Å². The molecule has 6 nitrogen and oxygen atoms in total. The lowest BCUT2D eigenvalue weighted by Crippen LogP contribution is -1.98. The fourth-order valence-corrected chi connectivity index (χ4v) is 0.883. The van der Waals surface area contributed by atoms with Gasteiger partial charge < -0.3 is 5.11 Å². The second-order valence-electron chi connectivity index (χ2n) is 2.68. The second kappa shape index (κ2) is 5.13. The van der Waals surface area contributed by atoms with Gasteiger partial charge in [0, 0.05) is 0 Å². The molecule has 0 spiro atoms. The number of hydrogen-bond acceptors (Lipinski definition) is 5. The summed E-state index contributed by atoms with van der Waals surface area (Å²) >= 11 is 0. The molecule has 0 aliphatic heterocycles. The van der Waals surface area contributed by atoms with Gasteiger partial charge in [-0.05, 0) is 24.3 Å². The first kappa shape index (κ1) is 11.2. The molecule has 16 heavy (non-hydrogen) atoms. The second-order valence-corrected chi connectivity index (χ2v) is 2.68. The molecule has 0 aromatic heterocycles. The molecule has 0 aliphatic rings. The van der Waals surface area contributed by atoms with E-state index in [4.69, 9.17) is 15.6 Å². The highest BCUT2D eigenvalue weighted by Crippen LogP contribution is 2.09. The number of nitrogens with one attached hydrogen (secondary N) is 1. The molecule has 0 aliphatic carbocycles. The van der Waals surface area contributed by atoms with Gasteiger partial charge in [-0.3, -0.25) is 5.43 Å². The molecular formula is C10H6N4O2. The molecule has 0 bridgehead atoms. The van der Waals surface area contributed by atoms with Gasteiger partial charge in [-0.15, -0.1) is 0 Å². The van der Waals surface area contributed by atoms with Crippen molar-refractivity contribution in [3.05, 3.63) is 29.8 Å². The van der Waals surface area contributed by atoms with Crippen LogP contribution in [0.3, 0.4) is 0 Å². The SMILES string of the molecule is N#CC(C#N)=NNc1ccc(C(=O)O)cc1. The van der Waals surface area contributed by atoms with Crippen LogP contribution in [0.1, 0.15) is 10.4 Å². The van der Waals surface area contributed by atoms with Crippen molar-refractivity contribution < 1.29 is 9.90 Å². The molecule has 0 radical (unpaired) electrons. The number of carboxylic acid groups (broad SMARTS) is 1. The maximum Gasteiger partial charge on any atom is 0.335 e. The topological polar surface area (TPSA) is 109 Å². The average Bonchev–Trinajstić information content (AvgIpc) is 2.31. The Labute approximate surface area is 91.0 Å². The highest BCUT2D eigenvalue weighted by atomic mass is 16.4. The van der Waals surface area contributed by atoms with Crippen LogP contribution in [0.4, 0.5) is 5.69 Å². The average molecular weight is 214 g/mol. The van der Waals surface area contributed by atoms with Crippen molar-refractivity contribution in [2.45, 2.75) is 0 Å². The predicted octanol–water partition coefficient (Wildman–Crippen LogP) is 1.20. The van der Waals surface area contributed by atoms with Crippen molar-refractivity contribution in [2.24, 2.45) is 5.10 Å². The molecular weight excluding hydrogens is 208 g/mol. The lowest BCUT2D eigenvalue weighted by molar-refractivity contribution is 0.0697. The third kappa shape index (κ3) is 2.82. The molecule has 0 saturated heterocycles. The van der Waals surface area contributed by atoms with Gasteiger partial charge in [0.05, 0.1) is 11.3 Å². The van der Waals surface area contributed by atoms with E-state index in [9.17, 15) is 4.79 Å². The van der Waals surface area contributed by atoms with Gasteiger partial charge >= 0.3 is 5.97 Å². The van der Waals surface area contributed by atoms with E-state index in [0.717, 1.165) is 0 Å². The summed E-state index contributed by atoms with van der Waals surface area (Å²) in [6.45, 7) is 0. The maximum absolute atomic E-state index is 10.5. The Bertz CT molecular complexity index is 489. The minimum atomic E-state index is -1.02. The zero-order chi connectivity index (χ0) is 12.0. The van der Waals surface area contributed by atoms with Gasteiger partial charge in [0.1, 0.15) is 12.1 Å². The Kier molecular flexibility index (Phi) is 3.59. The van der Waals surface area contributed by atoms with Crippen LogP contribution in [0, 0.1) is 22.7 Å². The molecule has 1 aromatic rings. The summed E-state index contributed by atoms with van der Waals surface area (Å²) in [7, 11) is 0. The Balaban J connectivity index is 2.78. The van der Waals surface area contributed by atoms with Crippen molar-refractivity contribution in [3.8, 4) is 12.1 Å².